The van der Waals surface area contributed by atoms with Gasteiger partial charge in [0.05, 0.1) is 23.3 Å². The zero-order valence-electron chi connectivity index (χ0n) is 12.7. The Morgan fingerprint density at radius 3 is 2.83 bits per heavy atom. The van der Waals surface area contributed by atoms with E-state index in [1.807, 2.05) is 31.2 Å². The molecule has 0 unspecified atom stereocenters. The number of hydrogen-bond donors (Lipinski definition) is 3. The molecule has 0 atom stereocenters. The fourth-order valence-electron chi connectivity index (χ4n) is 2.46. The van der Waals surface area contributed by atoms with Gasteiger partial charge < -0.3 is 16.2 Å². The number of hydrogen-bond acceptors (Lipinski definition) is 4. The monoisotopic (exact) mass is 307 g/mol. The van der Waals surface area contributed by atoms with Gasteiger partial charge in [0.1, 0.15) is 5.75 Å². The van der Waals surface area contributed by atoms with E-state index in [-0.39, 0.29) is 18.1 Å². The number of aromatic hydroxyl groups is 1. The molecule has 23 heavy (non-hydrogen) atoms. The van der Waals surface area contributed by atoms with Gasteiger partial charge in [-0.1, -0.05) is 18.2 Å². The van der Waals surface area contributed by atoms with Gasteiger partial charge in [0, 0.05) is 11.1 Å². The van der Waals surface area contributed by atoms with Crippen molar-refractivity contribution in [1.29, 1.82) is 0 Å². The van der Waals surface area contributed by atoms with Crippen LogP contribution in [0.2, 0.25) is 0 Å². The highest BCUT2D eigenvalue weighted by Crippen LogP contribution is 2.21. The van der Waals surface area contributed by atoms with Gasteiger partial charge in [0.15, 0.2) is 0 Å². The molecular weight excluding hydrogens is 290 g/mol. The van der Waals surface area contributed by atoms with Crippen LogP contribution in [-0.4, -0.2) is 16.0 Å². The molecule has 0 saturated carbocycles. The molecule has 3 rings (SSSR count). The molecule has 0 spiro atoms. The third kappa shape index (κ3) is 3.23. The number of carbonyl (C=O) groups is 1. The third-order valence-electron chi connectivity index (χ3n) is 3.63. The Labute approximate surface area is 133 Å². The maximum Gasteiger partial charge on any atom is 0.230 e. The molecule has 116 valence electrons. The number of amides is 1. The molecule has 1 amide bonds. The van der Waals surface area contributed by atoms with Gasteiger partial charge in [-0.05, 0) is 42.8 Å². The molecule has 0 saturated heterocycles. The number of phenolic OH excluding ortho intramolecular Hbond substituents is 1. The second-order valence-corrected chi connectivity index (χ2v) is 5.45. The largest absolute Gasteiger partial charge is 0.508 e. The normalized spacial score (nSPS) is 10.7. The lowest BCUT2D eigenvalue weighted by Gasteiger charge is -2.09. The lowest BCUT2D eigenvalue weighted by atomic mass is 10.1. The standard InChI is InChI=1S/C18H17N3O2/c1-11-9-14(22)7-8-16(11)21-17(23)10-13-6-5-12-3-2-4-15(19)18(12)20-13/h2-9,22H,10,19H2,1H3,(H,21,23). The number of aryl methyl sites for hydroxylation is 1. The van der Waals surface area contributed by atoms with E-state index in [9.17, 15) is 9.90 Å². The van der Waals surface area contributed by atoms with Crippen molar-refractivity contribution in [2.75, 3.05) is 11.1 Å². The molecule has 1 heterocycles. The summed E-state index contributed by atoms with van der Waals surface area (Å²) >= 11 is 0. The number of nitrogens with one attached hydrogen (secondary N) is 1. The molecule has 2 aromatic carbocycles. The lowest BCUT2D eigenvalue weighted by Crippen LogP contribution is -2.16. The fraction of sp³-hybridized carbons (Fsp3) is 0.111. The molecule has 0 aliphatic rings. The summed E-state index contributed by atoms with van der Waals surface area (Å²) in [6.45, 7) is 1.82. The molecule has 1 aromatic heterocycles. The van der Waals surface area contributed by atoms with Gasteiger partial charge >= 0.3 is 0 Å². The first-order chi connectivity index (χ1) is 11.0. The Hall–Kier alpha value is -3.08. The molecule has 4 N–H and O–H groups in total. The lowest BCUT2D eigenvalue weighted by molar-refractivity contribution is -0.115. The second-order valence-electron chi connectivity index (χ2n) is 5.45. The number of phenols is 1. The van der Waals surface area contributed by atoms with Crippen LogP contribution in [0.5, 0.6) is 5.75 Å². The number of aromatic nitrogens is 1. The zero-order chi connectivity index (χ0) is 16.4. The first-order valence-corrected chi connectivity index (χ1v) is 7.26. The molecule has 5 heteroatoms. The average molecular weight is 307 g/mol. The van der Waals surface area contributed by atoms with E-state index in [4.69, 9.17) is 5.73 Å². The van der Waals surface area contributed by atoms with E-state index in [1.54, 1.807) is 18.2 Å². The van der Waals surface area contributed by atoms with E-state index < -0.39 is 0 Å². The quantitative estimate of drug-likeness (QED) is 0.512. The van der Waals surface area contributed by atoms with Gasteiger partial charge in [-0.15, -0.1) is 0 Å². The number of fused-ring (bicyclic) bond motifs is 1. The van der Waals surface area contributed by atoms with Crippen LogP contribution in [-0.2, 0) is 11.2 Å². The van der Waals surface area contributed by atoms with Gasteiger partial charge in [-0.3, -0.25) is 9.78 Å². The van der Waals surface area contributed by atoms with Crippen molar-refractivity contribution in [3.63, 3.8) is 0 Å². The fourth-order valence-corrected chi connectivity index (χ4v) is 2.46. The van der Waals surface area contributed by atoms with Crippen molar-refractivity contribution >= 4 is 28.2 Å². The second kappa shape index (κ2) is 5.96. The number of anilines is 2. The Morgan fingerprint density at radius 1 is 1.22 bits per heavy atom. The summed E-state index contributed by atoms with van der Waals surface area (Å²) in [5.41, 5.74) is 9.36. The van der Waals surface area contributed by atoms with Crippen LogP contribution in [0, 0.1) is 6.92 Å². The van der Waals surface area contributed by atoms with E-state index >= 15 is 0 Å². The number of nitrogens with two attached hydrogens (primary N) is 1. The predicted octanol–water partition coefficient (Wildman–Crippen LogP) is 3.01. The van der Waals surface area contributed by atoms with Crippen LogP contribution in [0.1, 0.15) is 11.3 Å². The van der Waals surface area contributed by atoms with Crippen LogP contribution < -0.4 is 11.1 Å². The maximum absolute atomic E-state index is 12.2. The number of benzene rings is 2. The predicted molar refractivity (Wildman–Crippen MR) is 91.3 cm³/mol. The van der Waals surface area contributed by atoms with Gasteiger partial charge in [-0.25, -0.2) is 0 Å². The summed E-state index contributed by atoms with van der Waals surface area (Å²) in [4.78, 5) is 16.7. The van der Waals surface area contributed by atoms with Gasteiger partial charge in [-0.2, -0.15) is 0 Å². The van der Waals surface area contributed by atoms with Crippen molar-refractivity contribution in [2.24, 2.45) is 0 Å². The van der Waals surface area contributed by atoms with Crippen molar-refractivity contribution in [3.05, 3.63) is 59.8 Å². The Bertz CT molecular complexity index is 891. The number of pyridine rings is 1. The first kappa shape index (κ1) is 14.8. The maximum atomic E-state index is 12.2. The molecule has 0 radical (unpaired) electrons. The van der Waals surface area contributed by atoms with Gasteiger partial charge in [0.2, 0.25) is 5.91 Å². The average Bonchev–Trinajstić information content (AvgIpc) is 2.51. The smallest absolute Gasteiger partial charge is 0.230 e. The first-order valence-electron chi connectivity index (χ1n) is 7.26. The summed E-state index contributed by atoms with van der Waals surface area (Å²) in [7, 11) is 0. The molecule has 3 aromatic rings. The van der Waals surface area contributed by atoms with Crippen molar-refractivity contribution < 1.29 is 9.90 Å². The minimum absolute atomic E-state index is 0.157. The molecule has 0 fully saturated rings. The highest BCUT2D eigenvalue weighted by molar-refractivity contribution is 5.94. The Morgan fingerprint density at radius 2 is 2.04 bits per heavy atom. The number of rotatable bonds is 3. The molecule has 0 aliphatic carbocycles. The summed E-state index contributed by atoms with van der Waals surface area (Å²) < 4.78 is 0. The van der Waals surface area contributed by atoms with E-state index in [0.29, 0.717) is 22.6 Å². The Balaban J connectivity index is 1.78. The zero-order valence-corrected chi connectivity index (χ0v) is 12.7. The minimum Gasteiger partial charge on any atom is -0.508 e. The van der Waals surface area contributed by atoms with Crippen LogP contribution in [0.25, 0.3) is 10.9 Å². The minimum atomic E-state index is -0.167. The highest BCUT2D eigenvalue weighted by Gasteiger charge is 2.09. The van der Waals surface area contributed by atoms with Gasteiger partial charge in [0.25, 0.3) is 0 Å². The van der Waals surface area contributed by atoms with E-state index in [2.05, 4.69) is 10.3 Å². The summed E-state index contributed by atoms with van der Waals surface area (Å²) in [5, 5.41) is 13.2. The van der Waals surface area contributed by atoms with Crippen molar-refractivity contribution in [2.45, 2.75) is 13.3 Å². The van der Waals surface area contributed by atoms with Crippen LogP contribution in [0.3, 0.4) is 0 Å². The Kier molecular flexibility index (Phi) is 3.85. The van der Waals surface area contributed by atoms with Crippen LogP contribution in [0.15, 0.2) is 48.5 Å². The number of carbonyl (C=O) groups excluding carboxylic acids is 1. The molecule has 0 bridgehead atoms. The van der Waals surface area contributed by atoms with Crippen molar-refractivity contribution in [1.82, 2.24) is 4.98 Å². The molecular formula is C18H17N3O2. The SMILES string of the molecule is Cc1cc(O)ccc1NC(=O)Cc1ccc2cccc(N)c2n1. The third-order valence-corrected chi connectivity index (χ3v) is 3.63. The summed E-state index contributed by atoms with van der Waals surface area (Å²) in [5.74, 6) is 0.00677. The summed E-state index contributed by atoms with van der Waals surface area (Å²) in [6.07, 6.45) is 0.157. The van der Waals surface area contributed by atoms with E-state index in [0.717, 1.165) is 10.9 Å². The van der Waals surface area contributed by atoms with Crippen molar-refractivity contribution in [3.8, 4) is 5.75 Å². The van der Waals surface area contributed by atoms with Crippen LogP contribution in [0.4, 0.5) is 11.4 Å². The number of nitrogens with zero attached hydrogens (tertiary/aromatic N) is 1. The topological polar surface area (TPSA) is 88.2 Å². The number of nitrogen functional groups attached to an aromatic ring is 1. The number of para-hydroxylation sites is 1. The summed E-state index contributed by atoms with van der Waals surface area (Å²) in [6, 6.07) is 14.1. The van der Waals surface area contributed by atoms with E-state index in [1.165, 1.54) is 6.07 Å². The van der Waals surface area contributed by atoms with Crippen LogP contribution >= 0.6 is 0 Å². The molecule has 5 nitrogen and oxygen atoms in total. The molecule has 0 aliphatic heterocycles. The highest BCUT2D eigenvalue weighted by atomic mass is 16.3.